The fourth-order valence-electron chi connectivity index (χ4n) is 5.51. The summed E-state index contributed by atoms with van der Waals surface area (Å²) in [6, 6.07) is 22.4. The van der Waals surface area contributed by atoms with Crippen molar-refractivity contribution in [3.05, 3.63) is 95.7 Å². The largest absolute Gasteiger partial charge is 0.493 e. The molecule has 7 rings (SSSR count). The molecule has 0 spiro atoms. The topological polar surface area (TPSA) is 101 Å². The lowest BCUT2D eigenvalue weighted by atomic mass is 9.87. The van der Waals surface area contributed by atoms with E-state index in [4.69, 9.17) is 4.74 Å². The molecule has 4 aromatic rings. The first-order valence-electron chi connectivity index (χ1n) is 13.1. The molecule has 1 aliphatic carbocycles. The first-order chi connectivity index (χ1) is 19.0. The first kappa shape index (κ1) is 23.4. The number of ether oxygens (including phenoxy) is 1. The lowest BCUT2D eigenvalue weighted by molar-refractivity contribution is -0.124. The zero-order chi connectivity index (χ0) is 26.6. The molecule has 1 aromatic heterocycles. The van der Waals surface area contributed by atoms with Gasteiger partial charge in [0, 0.05) is 29.3 Å². The molecular weight excluding hydrogens is 492 g/mol. The number of fused-ring (bicyclic) bond motifs is 2. The van der Waals surface area contributed by atoms with Gasteiger partial charge in [-0.3, -0.25) is 19.9 Å². The van der Waals surface area contributed by atoms with Crippen molar-refractivity contribution in [2.75, 3.05) is 13.2 Å². The molecule has 3 aliphatic rings. The molecule has 2 N–H and O–H groups in total. The summed E-state index contributed by atoms with van der Waals surface area (Å²) < 4.78 is 5.87. The average molecular weight is 519 g/mol. The Hall–Kier alpha value is -4.72. The van der Waals surface area contributed by atoms with Crippen molar-refractivity contribution >= 4 is 28.7 Å². The number of carbonyl (C=O) groups excluding carboxylic acids is 3. The maximum atomic E-state index is 13.4. The maximum absolute atomic E-state index is 13.4. The molecule has 1 saturated carbocycles. The van der Waals surface area contributed by atoms with Gasteiger partial charge in [-0.15, -0.1) is 0 Å². The predicted molar refractivity (Wildman–Crippen MR) is 145 cm³/mol. The minimum absolute atomic E-state index is 0.00548. The van der Waals surface area contributed by atoms with E-state index in [9.17, 15) is 14.4 Å². The number of para-hydroxylation sites is 1. The summed E-state index contributed by atoms with van der Waals surface area (Å²) in [6.45, 7) is 1.02. The van der Waals surface area contributed by atoms with Crippen LogP contribution in [0.2, 0.25) is 0 Å². The molecule has 194 valence electrons. The van der Waals surface area contributed by atoms with Crippen LogP contribution in [0.5, 0.6) is 5.75 Å². The molecule has 4 amide bonds. The normalized spacial score (nSPS) is 20.2. The Morgan fingerprint density at radius 2 is 1.77 bits per heavy atom. The van der Waals surface area contributed by atoms with Gasteiger partial charge in [0.25, 0.3) is 11.8 Å². The number of pyridine rings is 1. The molecule has 8 nitrogen and oxygen atoms in total. The molecule has 2 fully saturated rings. The van der Waals surface area contributed by atoms with Crippen LogP contribution in [-0.4, -0.2) is 40.9 Å². The monoisotopic (exact) mass is 518 g/mol. The summed E-state index contributed by atoms with van der Waals surface area (Å²) in [6.07, 6.45) is 4.14. The van der Waals surface area contributed by atoms with E-state index in [-0.39, 0.29) is 12.5 Å². The molecule has 3 aromatic carbocycles. The van der Waals surface area contributed by atoms with Crippen LogP contribution in [0.15, 0.2) is 79.0 Å². The standard InChI is InChI=1S/C31H26N4O4/c36-28-26-15-24(39-17-19-6-7-19)13-10-22(26)16-35(28)18-31(29(37)33-30(38)34-31)23-11-8-20(9-12-23)25-5-1-3-21-4-2-14-32-27(21)25/h1-5,8-15,19H,6-7,16-18H2,(H2,33,34,37,38). The molecule has 0 radical (unpaired) electrons. The number of imide groups is 1. The average Bonchev–Trinajstić information content (AvgIpc) is 3.68. The van der Waals surface area contributed by atoms with Gasteiger partial charge in [0.05, 0.1) is 18.7 Å². The number of aromatic nitrogens is 1. The second-order valence-electron chi connectivity index (χ2n) is 10.5. The van der Waals surface area contributed by atoms with Crippen LogP contribution in [0.25, 0.3) is 22.0 Å². The molecule has 8 heteroatoms. The van der Waals surface area contributed by atoms with Crippen molar-refractivity contribution in [1.82, 2.24) is 20.5 Å². The van der Waals surface area contributed by atoms with E-state index in [0.29, 0.717) is 35.9 Å². The summed E-state index contributed by atoms with van der Waals surface area (Å²) in [5, 5.41) is 6.22. The first-order valence-corrected chi connectivity index (χ1v) is 13.1. The van der Waals surface area contributed by atoms with E-state index < -0.39 is 17.5 Å². The van der Waals surface area contributed by atoms with Gasteiger partial charge >= 0.3 is 6.03 Å². The van der Waals surface area contributed by atoms with E-state index in [2.05, 4.69) is 15.6 Å². The van der Waals surface area contributed by atoms with Gasteiger partial charge in [-0.05, 0) is 53.6 Å². The minimum Gasteiger partial charge on any atom is -0.493 e. The van der Waals surface area contributed by atoms with Crippen molar-refractivity contribution in [3.63, 3.8) is 0 Å². The van der Waals surface area contributed by atoms with Crippen LogP contribution in [0.1, 0.15) is 34.3 Å². The Labute approximate surface area is 225 Å². The van der Waals surface area contributed by atoms with E-state index >= 15 is 0 Å². The quantitative estimate of drug-likeness (QED) is 0.354. The van der Waals surface area contributed by atoms with E-state index in [1.54, 1.807) is 17.2 Å². The van der Waals surface area contributed by atoms with Crippen molar-refractivity contribution in [2.24, 2.45) is 5.92 Å². The van der Waals surface area contributed by atoms with Gasteiger partial charge in [0.15, 0.2) is 5.54 Å². The highest BCUT2D eigenvalue weighted by molar-refractivity contribution is 6.08. The number of hydrogen-bond donors (Lipinski definition) is 2. The number of urea groups is 1. The molecule has 3 heterocycles. The SMILES string of the molecule is O=C1NC(=O)C(CN2Cc3ccc(OCC4CC4)cc3C2=O)(c2ccc(-c3cccc4cccnc34)cc2)N1. The zero-order valence-corrected chi connectivity index (χ0v) is 21.1. The second-order valence-corrected chi connectivity index (χ2v) is 10.5. The number of rotatable bonds is 7. The van der Waals surface area contributed by atoms with Gasteiger partial charge in [-0.25, -0.2) is 4.79 Å². The Kier molecular flexibility index (Phi) is 5.36. The smallest absolute Gasteiger partial charge is 0.322 e. The number of hydrogen-bond acceptors (Lipinski definition) is 5. The maximum Gasteiger partial charge on any atom is 0.322 e. The van der Waals surface area contributed by atoms with Crippen LogP contribution in [0, 0.1) is 5.92 Å². The van der Waals surface area contributed by atoms with Crippen LogP contribution < -0.4 is 15.4 Å². The Morgan fingerprint density at radius 3 is 2.54 bits per heavy atom. The molecular formula is C31H26N4O4. The molecule has 1 unspecified atom stereocenters. The molecule has 39 heavy (non-hydrogen) atoms. The lowest BCUT2D eigenvalue weighted by Gasteiger charge is -2.31. The van der Waals surface area contributed by atoms with Gasteiger partial charge in [0.1, 0.15) is 5.75 Å². The molecule has 1 atom stereocenters. The van der Waals surface area contributed by atoms with Gasteiger partial charge in [-0.2, -0.15) is 0 Å². The molecule has 1 saturated heterocycles. The number of nitrogens with zero attached hydrogens (tertiary/aromatic N) is 2. The fourth-order valence-corrected chi connectivity index (χ4v) is 5.51. The Balaban J connectivity index is 1.18. The third-order valence-corrected chi connectivity index (χ3v) is 7.83. The van der Waals surface area contributed by atoms with E-state index in [0.717, 1.165) is 27.6 Å². The minimum atomic E-state index is -1.41. The predicted octanol–water partition coefficient (Wildman–Crippen LogP) is 4.38. The highest BCUT2D eigenvalue weighted by Crippen LogP contribution is 2.35. The van der Waals surface area contributed by atoms with Gasteiger partial charge in [0.2, 0.25) is 0 Å². The Bertz CT molecular complexity index is 1640. The van der Waals surface area contributed by atoms with E-state index in [1.807, 2.05) is 66.7 Å². The molecule has 2 aliphatic heterocycles. The number of benzene rings is 3. The number of amides is 4. The number of nitrogens with one attached hydrogen (secondary N) is 2. The summed E-state index contributed by atoms with van der Waals surface area (Å²) in [5.41, 5.74) is 3.43. The van der Waals surface area contributed by atoms with Gasteiger partial charge < -0.3 is 15.0 Å². The van der Waals surface area contributed by atoms with Crippen LogP contribution in [0.4, 0.5) is 4.79 Å². The third-order valence-electron chi connectivity index (χ3n) is 7.83. The van der Waals surface area contributed by atoms with Crippen LogP contribution in [-0.2, 0) is 16.9 Å². The van der Waals surface area contributed by atoms with Crippen molar-refractivity contribution in [3.8, 4) is 16.9 Å². The highest BCUT2D eigenvalue weighted by Gasteiger charge is 2.50. The van der Waals surface area contributed by atoms with Crippen molar-refractivity contribution in [1.29, 1.82) is 0 Å². The summed E-state index contributed by atoms with van der Waals surface area (Å²) in [5.74, 6) is 0.618. The van der Waals surface area contributed by atoms with Crippen LogP contribution >= 0.6 is 0 Å². The Morgan fingerprint density at radius 1 is 0.949 bits per heavy atom. The highest BCUT2D eigenvalue weighted by atomic mass is 16.5. The number of carbonyl (C=O) groups is 3. The lowest BCUT2D eigenvalue weighted by Crippen LogP contribution is -2.52. The van der Waals surface area contributed by atoms with E-state index in [1.165, 1.54) is 12.8 Å². The van der Waals surface area contributed by atoms with Crippen LogP contribution in [0.3, 0.4) is 0 Å². The van der Waals surface area contributed by atoms with Crippen molar-refractivity contribution < 1.29 is 19.1 Å². The summed E-state index contributed by atoms with van der Waals surface area (Å²) in [4.78, 5) is 45.2. The summed E-state index contributed by atoms with van der Waals surface area (Å²) in [7, 11) is 0. The fraction of sp³-hybridized carbons (Fsp3) is 0.226. The third kappa shape index (κ3) is 4.09. The zero-order valence-electron chi connectivity index (χ0n) is 21.1. The van der Waals surface area contributed by atoms with Crippen molar-refractivity contribution in [2.45, 2.75) is 24.9 Å². The van der Waals surface area contributed by atoms with Gasteiger partial charge in [-0.1, -0.05) is 54.6 Å². The molecule has 0 bridgehead atoms. The second kappa shape index (κ2) is 8.94. The summed E-state index contributed by atoms with van der Waals surface area (Å²) >= 11 is 0.